The van der Waals surface area contributed by atoms with Crippen LogP contribution in [0.3, 0.4) is 0 Å². The fourth-order valence-corrected chi connectivity index (χ4v) is 3.61. The summed E-state index contributed by atoms with van der Waals surface area (Å²) in [5.74, 6) is 0.319. The molecule has 1 atom stereocenters. The van der Waals surface area contributed by atoms with Gasteiger partial charge in [0.2, 0.25) is 11.9 Å². The number of ether oxygens (including phenoxy) is 3. The zero-order valence-corrected chi connectivity index (χ0v) is 18.3. The molecule has 3 aromatic rings. The summed E-state index contributed by atoms with van der Waals surface area (Å²) in [7, 11) is 0. The molecule has 5 nitrogen and oxygen atoms in total. The second kappa shape index (κ2) is 9.18. The van der Waals surface area contributed by atoms with Gasteiger partial charge in [0.1, 0.15) is 11.5 Å². The average Bonchev–Trinajstić information content (AvgIpc) is 3.09. The first-order valence-electron chi connectivity index (χ1n) is 9.78. The van der Waals surface area contributed by atoms with Crippen LogP contribution in [-0.4, -0.2) is 18.4 Å². The van der Waals surface area contributed by atoms with E-state index in [1.54, 1.807) is 43.3 Å². The van der Waals surface area contributed by atoms with Gasteiger partial charge in [0.05, 0.1) is 12.2 Å². The van der Waals surface area contributed by atoms with Crippen molar-refractivity contribution in [1.29, 1.82) is 0 Å². The fraction of sp³-hybridized carbons (Fsp3) is 0.120. The molecule has 0 aliphatic carbocycles. The summed E-state index contributed by atoms with van der Waals surface area (Å²) in [4.78, 5) is 25.2. The van der Waals surface area contributed by atoms with Crippen molar-refractivity contribution < 1.29 is 23.8 Å². The predicted octanol–water partition coefficient (Wildman–Crippen LogP) is 5.75. The van der Waals surface area contributed by atoms with Crippen LogP contribution in [0.15, 0.2) is 83.0 Å². The first kappa shape index (κ1) is 20.9. The van der Waals surface area contributed by atoms with Gasteiger partial charge in [0, 0.05) is 16.1 Å². The van der Waals surface area contributed by atoms with Gasteiger partial charge in [0.15, 0.2) is 5.76 Å². The van der Waals surface area contributed by atoms with Crippen molar-refractivity contribution in [3.8, 4) is 11.5 Å². The maximum atomic E-state index is 12.7. The van der Waals surface area contributed by atoms with E-state index in [0.717, 1.165) is 10.0 Å². The molecule has 1 aliphatic heterocycles. The van der Waals surface area contributed by atoms with Crippen LogP contribution in [-0.2, 0) is 9.53 Å². The van der Waals surface area contributed by atoms with Crippen LogP contribution in [0.1, 0.15) is 34.5 Å². The van der Waals surface area contributed by atoms with Crippen LogP contribution in [0.5, 0.6) is 11.5 Å². The molecule has 6 heteroatoms. The minimum atomic E-state index is -0.924. The minimum Gasteiger partial charge on any atom is -0.474 e. The van der Waals surface area contributed by atoms with Gasteiger partial charge < -0.3 is 14.2 Å². The average molecular weight is 479 g/mol. The molecule has 1 unspecified atom stereocenters. The Morgan fingerprint density at radius 3 is 2.55 bits per heavy atom. The van der Waals surface area contributed by atoms with Crippen LogP contribution in [0.4, 0.5) is 0 Å². The van der Waals surface area contributed by atoms with E-state index in [-0.39, 0.29) is 18.1 Å². The number of Topliss-reactive ketones (excluding diaryl/α,β-unsaturated/α-hetero) is 1. The lowest BCUT2D eigenvalue weighted by Gasteiger charge is -2.18. The number of hydrogen-bond acceptors (Lipinski definition) is 5. The van der Waals surface area contributed by atoms with Gasteiger partial charge in [-0.05, 0) is 36.8 Å². The van der Waals surface area contributed by atoms with Crippen molar-refractivity contribution in [2.45, 2.75) is 13.0 Å². The lowest BCUT2D eigenvalue weighted by atomic mass is 10.1. The monoisotopic (exact) mass is 478 g/mol. The summed E-state index contributed by atoms with van der Waals surface area (Å²) in [6.45, 7) is 1.99. The van der Waals surface area contributed by atoms with Crippen molar-refractivity contribution in [3.05, 3.63) is 99.7 Å². The summed E-state index contributed by atoms with van der Waals surface area (Å²) in [6.07, 6.45) is 0.768. The van der Waals surface area contributed by atoms with E-state index in [4.69, 9.17) is 14.2 Å². The van der Waals surface area contributed by atoms with Crippen LogP contribution in [0.2, 0.25) is 0 Å². The molecule has 156 valence electrons. The molecule has 0 spiro atoms. The molecule has 0 bridgehead atoms. The van der Waals surface area contributed by atoms with Crippen molar-refractivity contribution in [2.75, 3.05) is 6.61 Å². The second-order valence-corrected chi connectivity index (χ2v) is 7.63. The molecular formula is C25H19BrO5. The van der Waals surface area contributed by atoms with Gasteiger partial charge in [-0.2, -0.15) is 0 Å². The number of halogens is 1. The maximum Gasteiger partial charge on any atom is 0.352 e. The number of fused-ring (bicyclic) bond motifs is 1. The number of benzene rings is 3. The Morgan fingerprint density at radius 1 is 1.06 bits per heavy atom. The van der Waals surface area contributed by atoms with Crippen LogP contribution >= 0.6 is 15.9 Å². The first-order valence-corrected chi connectivity index (χ1v) is 10.6. The normalized spacial score (nSPS) is 14.6. The Bertz CT molecular complexity index is 1150. The topological polar surface area (TPSA) is 61.8 Å². The third-order valence-corrected chi connectivity index (χ3v) is 5.41. The second-order valence-electron chi connectivity index (χ2n) is 6.78. The van der Waals surface area contributed by atoms with E-state index in [1.165, 1.54) is 0 Å². The third-order valence-electron chi connectivity index (χ3n) is 4.69. The Hall–Kier alpha value is -3.38. The molecule has 3 aromatic carbocycles. The van der Waals surface area contributed by atoms with Gasteiger partial charge in [-0.1, -0.05) is 64.5 Å². The summed E-state index contributed by atoms with van der Waals surface area (Å²) >= 11 is 3.47. The molecule has 0 N–H and O–H groups in total. The highest BCUT2D eigenvalue weighted by Crippen LogP contribution is 2.36. The van der Waals surface area contributed by atoms with Crippen LogP contribution in [0, 0.1) is 0 Å². The number of esters is 1. The number of carbonyl (C=O) groups excluding carboxylic acids is 2. The molecule has 1 heterocycles. The maximum absolute atomic E-state index is 12.7. The fourth-order valence-electron chi connectivity index (χ4n) is 3.21. The lowest BCUT2D eigenvalue weighted by Crippen LogP contribution is -2.21. The van der Waals surface area contributed by atoms with Gasteiger partial charge >= 0.3 is 5.97 Å². The third kappa shape index (κ3) is 4.54. The Balaban J connectivity index is 1.60. The van der Waals surface area contributed by atoms with Gasteiger partial charge in [-0.3, -0.25) is 4.79 Å². The Morgan fingerprint density at radius 2 is 1.81 bits per heavy atom. The number of rotatable bonds is 6. The summed E-state index contributed by atoms with van der Waals surface area (Å²) in [5.41, 5.74) is 1.95. The highest BCUT2D eigenvalue weighted by Gasteiger charge is 2.29. The molecule has 31 heavy (non-hydrogen) atoms. The first-order chi connectivity index (χ1) is 15.1. The highest BCUT2D eigenvalue weighted by atomic mass is 79.9. The van der Waals surface area contributed by atoms with E-state index in [9.17, 15) is 9.59 Å². The SMILES string of the molecule is CCOC(=O)C(Oc1ccc2c(c1)OC(=Cc1ccccc1Br)C2=O)c1ccccc1. The Kier molecular flexibility index (Phi) is 6.18. The van der Waals surface area contributed by atoms with E-state index in [0.29, 0.717) is 22.6 Å². The summed E-state index contributed by atoms with van der Waals surface area (Å²) < 4.78 is 17.8. The van der Waals surface area contributed by atoms with E-state index < -0.39 is 12.1 Å². The van der Waals surface area contributed by atoms with E-state index >= 15 is 0 Å². The quantitative estimate of drug-likeness (QED) is 0.333. The van der Waals surface area contributed by atoms with Crippen molar-refractivity contribution in [1.82, 2.24) is 0 Å². The van der Waals surface area contributed by atoms with Crippen molar-refractivity contribution in [2.24, 2.45) is 0 Å². The molecule has 0 saturated heterocycles. The molecule has 0 saturated carbocycles. The van der Waals surface area contributed by atoms with Crippen LogP contribution < -0.4 is 9.47 Å². The molecule has 0 radical (unpaired) electrons. The zero-order chi connectivity index (χ0) is 21.8. The number of allylic oxidation sites excluding steroid dienone is 1. The number of carbonyl (C=O) groups is 2. The number of ketones is 1. The van der Waals surface area contributed by atoms with Crippen molar-refractivity contribution in [3.63, 3.8) is 0 Å². The van der Waals surface area contributed by atoms with Gasteiger partial charge in [-0.25, -0.2) is 4.79 Å². The van der Waals surface area contributed by atoms with E-state index in [1.807, 2.05) is 42.5 Å². The summed E-state index contributed by atoms with van der Waals surface area (Å²) in [5, 5.41) is 0. The molecule has 0 fully saturated rings. The van der Waals surface area contributed by atoms with E-state index in [2.05, 4.69) is 15.9 Å². The predicted molar refractivity (Wildman–Crippen MR) is 120 cm³/mol. The molecule has 0 aromatic heterocycles. The molecule has 0 amide bonds. The highest BCUT2D eigenvalue weighted by molar-refractivity contribution is 9.10. The minimum absolute atomic E-state index is 0.206. The van der Waals surface area contributed by atoms with Crippen LogP contribution in [0.25, 0.3) is 6.08 Å². The molecular weight excluding hydrogens is 460 g/mol. The summed E-state index contributed by atoms with van der Waals surface area (Å²) in [6, 6.07) is 21.6. The van der Waals surface area contributed by atoms with Crippen molar-refractivity contribution >= 4 is 33.8 Å². The van der Waals surface area contributed by atoms with Gasteiger partial charge in [-0.15, -0.1) is 0 Å². The lowest BCUT2D eigenvalue weighted by molar-refractivity contribution is -0.151. The smallest absolute Gasteiger partial charge is 0.352 e. The Labute approximate surface area is 188 Å². The largest absolute Gasteiger partial charge is 0.474 e. The standard InChI is InChI=1S/C25H19BrO5/c1-2-29-25(28)24(16-8-4-3-5-9-16)30-18-12-13-19-21(15-18)31-22(23(19)27)14-17-10-6-7-11-20(17)26/h3-15,24H,2H2,1H3. The molecule has 4 rings (SSSR count). The zero-order valence-electron chi connectivity index (χ0n) is 16.7. The molecule has 1 aliphatic rings. The number of hydrogen-bond donors (Lipinski definition) is 0. The van der Waals surface area contributed by atoms with Gasteiger partial charge in [0.25, 0.3) is 0 Å².